The van der Waals surface area contributed by atoms with E-state index >= 15 is 0 Å². The highest BCUT2D eigenvalue weighted by Gasteiger charge is 2.24. The summed E-state index contributed by atoms with van der Waals surface area (Å²) in [7, 11) is 0. The van der Waals surface area contributed by atoms with Crippen molar-refractivity contribution >= 4 is 5.91 Å². The first-order chi connectivity index (χ1) is 20.4. The van der Waals surface area contributed by atoms with E-state index < -0.39 is 12.2 Å². The van der Waals surface area contributed by atoms with Crippen LogP contribution in [0.25, 0.3) is 22.5 Å². The zero-order valence-electron chi connectivity index (χ0n) is 22.9. The third kappa shape index (κ3) is 7.93. The average molecular weight is 596 g/mol. The van der Waals surface area contributed by atoms with Gasteiger partial charge in [-0.1, -0.05) is 17.3 Å². The molecule has 0 aliphatic heterocycles. The molecule has 2 aromatic heterocycles. The molecule has 0 radical (unpaired) electrons. The van der Waals surface area contributed by atoms with Gasteiger partial charge in [-0.2, -0.15) is 27.9 Å². The first kappa shape index (κ1) is 29.2. The number of benzene rings is 3. The first-order valence-corrected chi connectivity index (χ1v) is 12.9. The molecule has 43 heavy (non-hydrogen) atoms. The SMILES string of the molecule is CC(F)(F)Oc1ccc(-c2cc(-c3ccc(OC(C)(F)F)cc3)n(Cc3ccc(C(=O)NCc4nn[nH]n4)cc3)n2)cc1. The Morgan fingerprint density at radius 3 is 1.98 bits per heavy atom. The maximum atomic E-state index is 13.3. The third-order valence-electron chi connectivity index (χ3n) is 6.02. The molecule has 2 N–H and O–H groups in total. The molecule has 0 aliphatic carbocycles. The van der Waals surface area contributed by atoms with Crippen molar-refractivity contribution in [2.24, 2.45) is 0 Å². The largest absolute Gasteiger partial charge is 0.433 e. The van der Waals surface area contributed by atoms with Gasteiger partial charge >= 0.3 is 12.2 Å². The number of hydrogen-bond acceptors (Lipinski definition) is 7. The minimum Gasteiger partial charge on any atom is -0.433 e. The minimum atomic E-state index is -3.33. The van der Waals surface area contributed by atoms with Gasteiger partial charge in [-0.15, -0.1) is 10.2 Å². The summed E-state index contributed by atoms with van der Waals surface area (Å²) < 4.78 is 64.1. The number of carbonyl (C=O) groups excluding carboxylic acids is 1. The van der Waals surface area contributed by atoms with Gasteiger partial charge in [-0.05, 0) is 72.3 Å². The Morgan fingerprint density at radius 2 is 1.44 bits per heavy atom. The van der Waals surface area contributed by atoms with Crippen LogP contribution in [0.5, 0.6) is 11.5 Å². The molecule has 14 heteroatoms. The average Bonchev–Trinajstić information content (AvgIpc) is 3.62. The minimum absolute atomic E-state index is 0.000592. The second kappa shape index (κ2) is 11.9. The predicted molar refractivity (Wildman–Crippen MR) is 146 cm³/mol. The number of aromatic amines is 1. The van der Waals surface area contributed by atoms with E-state index in [1.165, 1.54) is 24.3 Å². The van der Waals surface area contributed by atoms with Gasteiger partial charge in [0.05, 0.1) is 24.5 Å². The van der Waals surface area contributed by atoms with Gasteiger partial charge in [0.15, 0.2) is 5.82 Å². The molecular formula is C29H25F4N7O3. The van der Waals surface area contributed by atoms with Crippen LogP contribution in [0.2, 0.25) is 0 Å². The molecule has 5 aromatic rings. The molecule has 0 bridgehead atoms. The van der Waals surface area contributed by atoms with Crippen molar-refractivity contribution in [1.82, 2.24) is 35.7 Å². The Balaban J connectivity index is 1.39. The zero-order chi connectivity index (χ0) is 30.6. The lowest BCUT2D eigenvalue weighted by atomic mass is 10.1. The molecule has 0 fully saturated rings. The lowest BCUT2D eigenvalue weighted by Gasteiger charge is -2.13. The number of H-pyrrole nitrogens is 1. The normalized spacial score (nSPS) is 11.8. The fourth-order valence-corrected chi connectivity index (χ4v) is 4.17. The molecule has 10 nitrogen and oxygen atoms in total. The van der Waals surface area contributed by atoms with E-state index in [0.29, 0.717) is 54.3 Å². The number of amides is 1. The number of tetrazole rings is 1. The Morgan fingerprint density at radius 1 is 0.860 bits per heavy atom. The molecule has 3 aromatic carbocycles. The van der Waals surface area contributed by atoms with Gasteiger partial charge in [0, 0.05) is 30.5 Å². The summed E-state index contributed by atoms with van der Waals surface area (Å²) >= 11 is 0. The number of nitrogens with zero attached hydrogens (tertiary/aromatic N) is 5. The number of nitrogens with one attached hydrogen (secondary N) is 2. The maximum absolute atomic E-state index is 13.3. The molecule has 0 spiro atoms. The molecule has 0 unspecified atom stereocenters. The molecular weight excluding hydrogens is 570 g/mol. The van der Waals surface area contributed by atoms with Gasteiger partial charge in [-0.3, -0.25) is 9.48 Å². The summed E-state index contributed by atoms with van der Waals surface area (Å²) in [6.07, 6.45) is -6.65. The summed E-state index contributed by atoms with van der Waals surface area (Å²) in [6.45, 7) is 1.73. The lowest BCUT2D eigenvalue weighted by Crippen LogP contribution is -2.23. The number of rotatable bonds is 11. The number of alkyl halides is 4. The number of aromatic nitrogens is 6. The van der Waals surface area contributed by atoms with E-state index in [-0.39, 0.29) is 24.0 Å². The van der Waals surface area contributed by atoms with Crippen LogP contribution in [-0.2, 0) is 13.1 Å². The van der Waals surface area contributed by atoms with Crippen molar-refractivity contribution in [1.29, 1.82) is 0 Å². The Kier molecular flexibility index (Phi) is 8.10. The molecule has 5 rings (SSSR count). The maximum Gasteiger partial charge on any atom is 0.394 e. The topological polar surface area (TPSA) is 120 Å². The fraction of sp³-hybridized carbons (Fsp3) is 0.207. The quantitative estimate of drug-likeness (QED) is 0.188. The summed E-state index contributed by atoms with van der Waals surface area (Å²) in [5, 5.41) is 20.8. The van der Waals surface area contributed by atoms with Crippen molar-refractivity contribution in [2.45, 2.75) is 39.2 Å². The molecule has 0 saturated carbocycles. The van der Waals surface area contributed by atoms with Crippen molar-refractivity contribution in [3.63, 3.8) is 0 Å². The predicted octanol–water partition coefficient (Wildman–Crippen LogP) is 5.69. The number of halogens is 4. The lowest BCUT2D eigenvalue weighted by molar-refractivity contribution is -0.159. The van der Waals surface area contributed by atoms with Crippen LogP contribution in [0.4, 0.5) is 17.6 Å². The molecule has 0 aliphatic rings. The van der Waals surface area contributed by atoms with Gasteiger partial charge in [0.25, 0.3) is 5.91 Å². The molecule has 2 heterocycles. The van der Waals surface area contributed by atoms with Gasteiger partial charge < -0.3 is 14.8 Å². The van der Waals surface area contributed by atoms with E-state index in [2.05, 4.69) is 35.4 Å². The molecule has 1 amide bonds. The smallest absolute Gasteiger partial charge is 0.394 e. The van der Waals surface area contributed by atoms with Crippen molar-refractivity contribution < 1.29 is 31.8 Å². The van der Waals surface area contributed by atoms with Crippen molar-refractivity contribution in [3.8, 4) is 34.0 Å². The van der Waals surface area contributed by atoms with E-state index in [0.717, 1.165) is 5.56 Å². The Labute approximate surface area is 242 Å². The van der Waals surface area contributed by atoms with Crippen LogP contribution in [0.3, 0.4) is 0 Å². The van der Waals surface area contributed by atoms with Crippen LogP contribution in [0.1, 0.15) is 35.6 Å². The van der Waals surface area contributed by atoms with E-state index in [9.17, 15) is 22.4 Å². The van der Waals surface area contributed by atoms with Crippen molar-refractivity contribution in [2.75, 3.05) is 0 Å². The highest BCUT2D eigenvalue weighted by molar-refractivity contribution is 5.94. The standard InChI is InChI=1S/C29H25F4N7O3/c1-28(30,31)42-22-11-7-19(8-12-22)24-15-25(20-9-13-23(14-10-20)43-29(2,32)33)40(37-24)17-18-3-5-21(6-4-18)27(41)34-16-26-35-38-39-36-26/h3-15H,16-17H2,1-2H3,(H,34,41)(H,35,36,38,39). The van der Waals surface area contributed by atoms with E-state index in [4.69, 9.17) is 5.10 Å². The molecule has 0 saturated heterocycles. The highest BCUT2D eigenvalue weighted by Crippen LogP contribution is 2.31. The fourth-order valence-electron chi connectivity index (χ4n) is 4.17. The van der Waals surface area contributed by atoms with Crippen LogP contribution in [0.15, 0.2) is 78.9 Å². The summed E-state index contributed by atoms with van der Waals surface area (Å²) in [4.78, 5) is 12.5. The molecule has 222 valence electrons. The van der Waals surface area contributed by atoms with Gasteiger partial charge in [0.1, 0.15) is 11.5 Å². The van der Waals surface area contributed by atoms with Crippen LogP contribution < -0.4 is 14.8 Å². The number of carbonyl (C=O) groups is 1. The number of ether oxygens (including phenoxy) is 2. The highest BCUT2D eigenvalue weighted by atomic mass is 19.3. The first-order valence-electron chi connectivity index (χ1n) is 12.9. The van der Waals surface area contributed by atoms with Crippen LogP contribution >= 0.6 is 0 Å². The summed E-state index contributed by atoms with van der Waals surface area (Å²) in [5.41, 5.74) is 3.77. The number of hydrogen-bond donors (Lipinski definition) is 2. The van der Waals surface area contributed by atoms with E-state index in [1.807, 2.05) is 0 Å². The van der Waals surface area contributed by atoms with Crippen LogP contribution in [-0.4, -0.2) is 48.5 Å². The Hall–Kier alpha value is -5.27. The van der Waals surface area contributed by atoms with Gasteiger partial charge in [0.2, 0.25) is 0 Å². The second-order valence-electron chi connectivity index (χ2n) is 9.65. The molecule has 0 atom stereocenters. The summed E-state index contributed by atoms with van der Waals surface area (Å²) in [5.74, 6) is 0.0341. The second-order valence-corrected chi connectivity index (χ2v) is 9.65. The van der Waals surface area contributed by atoms with Crippen molar-refractivity contribution in [3.05, 3.63) is 95.8 Å². The zero-order valence-corrected chi connectivity index (χ0v) is 22.9. The Bertz CT molecular complexity index is 1660. The third-order valence-corrected chi connectivity index (χ3v) is 6.02. The van der Waals surface area contributed by atoms with Gasteiger partial charge in [-0.25, -0.2) is 0 Å². The van der Waals surface area contributed by atoms with Crippen LogP contribution in [0, 0.1) is 0 Å². The summed E-state index contributed by atoms with van der Waals surface area (Å²) in [6, 6.07) is 20.9. The van der Waals surface area contributed by atoms with E-state index in [1.54, 1.807) is 59.3 Å². The monoisotopic (exact) mass is 595 g/mol.